The fourth-order valence-corrected chi connectivity index (χ4v) is 4.78. The van der Waals surface area contributed by atoms with Gasteiger partial charge < -0.3 is 4.90 Å². The van der Waals surface area contributed by atoms with Crippen LogP contribution in [0.25, 0.3) is 0 Å². The molecule has 8 heteroatoms. The summed E-state index contributed by atoms with van der Waals surface area (Å²) in [6.45, 7) is 3.39. The van der Waals surface area contributed by atoms with Crippen molar-refractivity contribution >= 4 is 11.7 Å². The minimum absolute atomic E-state index is 0.0126. The number of piperidine rings is 1. The number of amides is 1. The normalized spacial score (nSPS) is 16.4. The van der Waals surface area contributed by atoms with Crippen LogP contribution in [-0.2, 0) is 24.1 Å². The third kappa shape index (κ3) is 6.18. The number of rotatable bonds is 9. The van der Waals surface area contributed by atoms with E-state index in [2.05, 4.69) is 27.4 Å². The van der Waals surface area contributed by atoms with Gasteiger partial charge in [-0.25, -0.2) is 14.6 Å². The maximum Gasteiger partial charge on any atom is 0.219 e. The Bertz CT molecular complexity index is 1190. The Morgan fingerprint density at radius 1 is 1.06 bits per heavy atom. The van der Waals surface area contributed by atoms with E-state index in [1.807, 2.05) is 34.0 Å². The smallest absolute Gasteiger partial charge is 0.219 e. The van der Waals surface area contributed by atoms with Gasteiger partial charge in [0.25, 0.3) is 0 Å². The molecule has 2 aromatic heterocycles. The number of hydrogen-bond donors (Lipinski definition) is 0. The summed E-state index contributed by atoms with van der Waals surface area (Å²) in [6, 6.07) is 10.5. The van der Waals surface area contributed by atoms with E-state index in [1.54, 1.807) is 13.1 Å². The SMILES string of the molecule is CC(=O)N1CCC(CCc2ccnc(Cc3cccc(CC(=O)c4cn(C5CC5)nn4)c3)n2)CC1. The first-order valence-corrected chi connectivity index (χ1v) is 12.6. The van der Waals surface area contributed by atoms with Gasteiger partial charge in [-0.2, -0.15) is 0 Å². The summed E-state index contributed by atoms with van der Waals surface area (Å²) in [7, 11) is 0. The summed E-state index contributed by atoms with van der Waals surface area (Å²) < 4.78 is 1.81. The number of carbonyl (C=O) groups is 2. The molecule has 8 nitrogen and oxygen atoms in total. The number of likely N-dealkylation sites (tertiary alicyclic amines) is 1. The van der Waals surface area contributed by atoms with E-state index < -0.39 is 0 Å². The molecular weight excluding hydrogens is 440 g/mol. The lowest BCUT2D eigenvalue weighted by molar-refractivity contribution is -0.130. The number of Topliss-reactive ketones (excluding diaryl/α,β-unsaturated/α-hetero) is 1. The van der Waals surface area contributed by atoms with Crippen LogP contribution >= 0.6 is 0 Å². The fraction of sp³-hybridized carbons (Fsp3) is 0.481. The topological polar surface area (TPSA) is 93.9 Å². The lowest BCUT2D eigenvalue weighted by Gasteiger charge is -2.31. The van der Waals surface area contributed by atoms with Gasteiger partial charge in [-0.15, -0.1) is 5.10 Å². The van der Waals surface area contributed by atoms with Crippen LogP contribution in [0.3, 0.4) is 0 Å². The molecule has 1 amide bonds. The number of ketones is 1. The van der Waals surface area contributed by atoms with E-state index >= 15 is 0 Å². The molecule has 1 aromatic carbocycles. The minimum atomic E-state index is -0.0126. The van der Waals surface area contributed by atoms with Gasteiger partial charge >= 0.3 is 0 Å². The molecule has 3 aromatic rings. The Hall–Kier alpha value is -3.42. The lowest BCUT2D eigenvalue weighted by atomic mass is 9.91. The molecule has 35 heavy (non-hydrogen) atoms. The van der Waals surface area contributed by atoms with Crippen LogP contribution in [0.2, 0.25) is 0 Å². The van der Waals surface area contributed by atoms with Crippen LogP contribution in [0, 0.1) is 5.92 Å². The zero-order chi connectivity index (χ0) is 24.2. The predicted octanol–water partition coefficient (Wildman–Crippen LogP) is 3.61. The number of aromatic nitrogens is 5. The maximum atomic E-state index is 12.7. The van der Waals surface area contributed by atoms with Crippen molar-refractivity contribution in [2.24, 2.45) is 5.92 Å². The van der Waals surface area contributed by atoms with Gasteiger partial charge in [0, 0.05) is 44.7 Å². The summed E-state index contributed by atoms with van der Waals surface area (Å²) in [5, 5.41) is 8.15. The summed E-state index contributed by atoms with van der Waals surface area (Å²) in [5.41, 5.74) is 3.55. The van der Waals surface area contributed by atoms with E-state index in [4.69, 9.17) is 4.98 Å². The third-order valence-corrected chi connectivity index (χ3v) is 7.07. The van der Waals surface area contributed by atoms with E-state index in [1.165, 1.54) is 0 Å². The number of carbonyl (C=O) groups excluding carboxylic acids is 2. The summed E-state index contributed by atoms with van der Waals surface area (Å²) >= 11 is 0. The standard InChI is InChI=1S/C27H32N6O2/c1-19(34)32-13-10-20(11-14-32)5-6-23-9-12-28-27(29-23)17-22-4-2-3-21(15-22)16-26(35)25-18-33(31-30-25)24-7-8-24/h2-4,9,12,15,18,20,24H,5-8,10-11,13-14,16-17H2,1H3. The van der Waals surface area contributed by atoms with Crippen LogP contribution in [0.1, 0.15) is 78.2 Å². The zero-order valence-electron chi connectivity index (χ0n) is 20.3. The molecule has 0 bridgehead atoms. The van der Waals surface area contributed by atoms with Crippen LogP contribution < -0.4 is 0 Å². The first-order chi connectivity index (χ1) is 17.0. The molecule has 0 spiro atoms. The van der Waals surface area contributed by atoms with Gasteiger partial charge in [0.2, 0.25) is 5.91 Å². The molecule has 0 atom stereocenters. The molecule has 1 saturated heterocycles. The molecule has 2 aliphatic rings. The third-order valence-electron chi connectivity index (χ3n) is 7.07. The molecule has 3 heterocycles. The summed E-state index contributed by atoms with van der Waals surface area (Å²) in [5.74, 6) is 1.61. The van der Waals surface area contributed by atoms with Gasteiger partial charge in [-0.1, -0.05) is 29.5 Å². The van der Waals surface area contributed by atoms with Gasteiger partial charge in [-0.3, -0.25) is 9.59 Å². The summed E-state index contributed by atoms with van der Waals surface area (Å²) in [6.07, 6.45) is 10.9. The first-order valence-electron chi connectivity index (χ1n) is 12.6. The number of nitrogens with zero attached hydrogens (tertiary/aromatic N) is 6. The van der Waals surface area contributed by atoms with Crippen LogP contribution in [-0.4, -0.2) is 54.6 Å². The predicted molar refractivity (Wildman–Crippen MR) is 131 cm³/mol. The molecule has 0 N–H and O–H groups in total. The zero-order valence-corrected chi connectivity index (χ0v) is 20.3. The number of benzene rings is 1. The molecule has 0 unspecified atom stereocenters. The lowest BCUT2D eigenvalue weighted by Crippen LogP contribution is -2.37. The van der Waals surface area contributed by atoms with Crippen molar-refractivity contribution in [2.45, 2.75) is 64.3 Å². The fourth-order valence-electron chi connectivity index (χ4n) is 4.78. The van der Waals surface area contributed by atoms with Crippen LogP contribution in [0.5, 0.6) is 0 Å². The summed E-state index contributed by atoms with van der Waals surface area (Å²) in [4.78, 5) is 35.4. The second-order valence-corrected chi connectivity index (χ2v) is 9.86. The van der Waals surface area contributed by atoms with Crippen molar-refractivity contribution in [2.75, 3.05) is 13.1 Å². The van der Waals surface area contributed by atoms with Crippen molar-refractivity contribution in [1.29, 1.82) is 0 Å². The molecular formula is C27H32N6O2. The van der Waals surface area contributed by atoms with E-state index in [9.17, 15) is 9.59 Å². The highest BCUT2D eigenvalue weighted by Gasteiger charge is 2.26. The first kappa shape index (κ1) is 23.3. The molecule has 2 fully saturated rings. The van der Waals surface area contributed by atoms with Crippen molar-refractivity contribution in [3.05, 3.63) is 71.1 Å². The quantitative estimate of drug-likeness (QED) is 0.442. The Morgan fingerprint density at radius 3 is 2.63 bits per heavy atom. The van der Waals surface area contributed by atoms with Crippen LogP contribution in [0.4, 0.5) is 0 Å². The van der Waals surface area contributed by atoms with Gasteiger partial charge in [0.1, 0.15) is 11.5 Å². The Balaban J connectivity index is 1.15. The minimum Gasteiger partial charge on any atom is -0.343 e. The molecule has 1 aliphatic heterocycles. The second kappa shape index (κ2) is 10.5. The highest BCUT2D eigenvalue weighted by Crippen LogP contribution is 2.33. The van der Waals surface area contributed by atoms with Gasteiger partial charge in [0.15, 0.2) is 5.78 Å². The highest BCUT2D eigenvalue weighted by molar-refractivity contribution is 5.95. The molecule has 1 saturated carbocycles. The van der Waals surface area contributed by atoms with E-state index in [0.717, 1.165) is 74.3 Å². The van der Waals surface area contributed by atoms with Crippen molar-refractivity contribution in [1.82, 2.24) is 29.9 Å². The maximum absolute atomic E-state index is 12.7. The Kier molecular flexibility index (Phi) is 6.97. The van der Waals surface area contributed by atoms with E-state index in [0.29, 0.717) is 30.5 Å². The van der Waals surface area contributed by atoms with Gasteiger partial charge in [0.05, 0.1) is 12.2 Å². The Morgan fingerprint density at radius 2 is 1.86 bits per heavy atom. The van der Waals surface area contributed by atoms with Crippen molar-refractivity contribution in [3.63, 3.8) is 0 Å². The van der Waals surface area contributed by atoms with E-state index in [-0.39, 0.29) is 11.7 Å². The molecule has 5 rings (SSSR count). The molecule has 1 aliphatic carbocycles. The second-order valence-electron chi connectivity index (χ2n) is 9.86. The molecule has 182 valence electrons. The van der Waals surface area contributed by atoms with Gasteiger partial charge in [-0.05, 0) is 61.6 Å². The number of hydrogen-bond acceptors (Lipinski definition) is 6. The van der Waals surface area contributed by atoms with Crippen molar-refractivity contribution < 1.29 is 9.59 Å². The monoisotopic (exact) mass is 472 g/mol. The largest absolute Gasteiger partial charge is 0.343 e. The number of aryl methyl sites for hydroxylation is 1. The highest BCUT2D eigenvalue weighted by atomic mass is 16.2. The van der Waals surface area contributed by atoms with Crippen molar-refractivity contribution in [3.8, 4) is 0 Å². The molecule has 0 radical (unpaired) electrons. The van der Waals surface area contributed by atoms with Crippen LogP contribution in [0.15, 0.2) is 42.7 Å². The Labute approximate surface area is 205 Å². The average Bonchev–Trinajstić information content (AvgIpc) is 3.59. The average molecular weight is 473 g/mol.